The van der Waals surface area contributed by atoms with Gasteiger partial charge in [-0.2, -0.15) is 0 Å². The van der Waals surface area contributed by atoms with Crippen molar-refractivity contribution >= 4 is 34.7 Å². The molecule has 2 nitrogen and oxygen atoms in total. The van der Waals surface area contributed by atoms with E-state index < -0.39 is 0 Å². The molecule has 1 aliphatic carbocycles. The van der Waals surface area contributed by atoms with Crippen molar-refractivity contribution in [1.29, 1.82) is 0 Å². The molecule has 0 bridgehead atoms. The first-order chi connectivity index (χ1) is 14.2. The second kappa shape index (κ2) is 7.57. The third-order valence-corrected chi connectivity index (χ3v) is 6.98. The summed E-state index contributed by atoms with van der Waals surface area (Å²) in [6.45, 7) is 1.68. The van der Waals surface area contributed by atoms with Crippen molar-refractivity contribution in [3.8, 4) is 11.1 Å². The molecule has 0 N–H and O–H groups in total. The minimum atomic E-state index is 0.0797. The largest absolute Gasteiger partial charge is 0.279 e. The number of hydrogen-bond acceptors (Lipinski definition) is 2. The standard InChI is InChI=1S/C26H23NOS/c1-18(28)27-23(15-14-19-9-4-2-5-10-19)24(20-11-6-3-7-12-20)22-17-21-13-8-16-29-26(21)25(22)27/h2-7,9-12,14-15H,8,13,16-17H2,1H3. The van der Waals surface area contributed by atoms with E-state index in [4.69, 9.17) is 0 Å². The molecule has 0 spiro atoms. The Bertz CT molecular complexity index is 1140. The van der Waals surface area contributed by atoms with Gasteiger partial charge in [0, 0.05) is 17.4 Å². The summed E-state index contributed by atoms with van der Waals surface area (Å²) in [5.74, 6) is 1.22. The van der Waals surface area contributed by atoms with Gasteiger partial charge in [0.1, 0.15) is 0 Å². The number of fused-ring (bicyclic) bond motifs is 2. The number of benzene rings is 2. The monoisotopic (exact) mass is 397 g/mol. The quantitative estimate of drug-likeness (QED) is 0.486. The molecule has 1 aromatic heterocycles. The number of carbonyl (C=O) groups excluding carboxylic acids is 1. The lowest BCUT2D eigenvalue weighted by Gasteiger charge is -2.16. The molecule has 0 radical (unpaired) electrons. The van der Waals surface area contributed by atoms with Gasteiger partial charge >= 0.3 is 0 Å². The summed E-state index contributed by atoms with van der Waals surface area (Å²) in [7, 11) is 0. The van der Waals surface area contributed by atoms with Crippen molar-refractivity contribution in [1.82, 2.24) is 4.57 Å². The first kappa shape index (κ1) is 18.3. The van der Waals surface area contributed by atoms with E-state index in [9.17, 15) is 4.79 Å². The number of rotatable bonds is 3. The van der Waals surface area contributed by atoms with Gasteiger partial charge in [-0.15, -0.1) is 11.8 Å². The average molecular weight is 398 g/mol. The van der Waals surface area contributed by atoms with Crippen molar-refractivity contribution < 1.29 is 4.79 Å². The third kappa shape index (κ3) is 3.20. The zero-order valence-electron chi connectivity index (χ0n) is 16.5. The number of allylic oxidation sites excluding steroid dienone is 1. The highest BCUT2D eigenvalue weighted by Gasteiger charge is 2.34. The van der Waals surface area contributed by atoms with Crippen LogP contribution in [0, 0.1) is 0 Å². The number of carbonyl (C=O) groups is 1. The van der Waals surface area contributed by atoms with Gasteiger partial charge in [0.2, 0.25) is 5.91 Å². The van der Waals surface area contributed by atoms with Gasteiger partial charge in [-0.1, -0.05) is 66.7 Å². The van der Waals surface area contributed by atoms with Gasteiger partial charge in [-0.3, -0.25) is 9.36 Å². The predicted octanol–water partition coefficient (Wildman–Crippen LogP) is 6.78. The zero-order chi connectivity index (χ0) is 19.8. The van der Waals surface area contributed by atoms with E-state index in [1.54, 1.807) is 6.92 Å². The van der Waals surface area contributed by atoms with Gasteiger partial charge in [-0.25, -0.2) is 0 Å². The minimum Gasteiger partial charge on any atom is -0.279 e. The number of thioether (sulfide) groups is 1. The van der Waals surface area contributed by atoms with Crippen LogP contribution in [0.25, 0.3) is 28.2 Å². The van der Waals surface area contributed by atoms with Crippen LogP contribution < -0.4 is 0 Å². The van der Waals surface area contributed by atoms with Crippen LogP contribution in [-0.2, 0) is 6.42 Å². The first-order valence-electron chi connectivity index (χ1n) is 10.2. The van der Waals surface area contributed by atoms with Gasteiger partial charge in [-0.05, 0) is 53.4 Å². The van der Waals surface area contributed by atoms with E-state index in [0.29, 0.717) is 0 Å². The van der Waals surface area contributed by atoms with Crippen molar-refractivity contribution in [2.75, 3.05) is 5.75 Å². The van der Waals surface area contributed by atoms with E-state index in [2.05, 4.69) is 48.6 Å². The molecule has 5 rings (SSSR count). The summed E-state index contributed by atoms with van der Waals surface area (Å²) in [5, 5.41) is 0. The van der Waals surface area contributed by atoms with Gasteiger partial charge in [0.15, 0.2) is 0 Å². The average Bonchev–Trinajstić information content (AvgIpc) is 3.27. The summed E-state index contributed by atoms with van der Waals surface area (Å²) in [6, 6.07) is 20.8. The highest BCUT2D eigenvalue weighted by Crippen LogP contribution is 2.50. The van der Waals surface area contributed by atoms with E-state index in [1.807, 2.05) is 40.6 Å². The number of aromatic nitrogens is 1. The first-order valence-corrected chi connectivity index (χ1v) is 11.1. The molecule has 29 heavy (non-hydrogen) atoms. The van der Waals surface area contributed by atoms with Crippen LogP contribution >= 0.6 is 11.8 Å². The molecule has 0 fully saturated rings. The zero-order valence-corrected chi connectivity index (χ0v) is 17.3. The fraction of sp³-hybridized carbons (Fsp3) is 0.192. The smallest absolute Gasteiger partial charge is 0.228 e. The summed E-state index contributed by atoms with van der Waals surface area (Å²) >= 11 is 1.92. The second-order valence-corrected chi connectivity index (χ2v) is 8.72. The second-order valence-electron chi connectivity index (χ2n) is 7.61. The van der Waals surface area contributed by atoms with Crippen LogP contribution in [0.15, 0.2) is 66.2 Å². The lowest BCUT2D eigenvalue weighted by molar-refractivity contribution is 0.0935. The van der Waals surface area contributed by atoms with Crippen molar-refractivity contribution in [3.63, 3.8) is 0 Å². The third-order valence-electron chi connectivity index (χ3n) is 5.71. The molecule has 0 saturated heterocycles. The molecular weight excluding hydrogens is 374 g/mol. The fourth-order valence-corrected chi connectivity index (χ4v) is 5.72. The van der Waals surface area contributed by atoms with E-state index >= 15 is 0 Å². The Labute approximate surface area is 176 Å². The predicted molar refractivity (Wildman–Crippen MR) is 124 cm³/mol. The fourth-order valence-electron chi connectivity index (χ4n) is 4.50. The Morgan fingerprint density at radius 1 is 1.00 bits per heavy atom. The highest BCUT2D eigenvalue weighted by molar-refractivity contribution is 8.08. The van der Waals surface area contributed by atoms with Gasteiger partial charge in [0.25, 0.3) is 0 Å². The van der Waals surface area contributed by atoms with Crippen LogP contribution in [0.1, 0.15) is 47.1 Å². The molecule has 3 aromatic rings. The maximum absolute atomic E-state index is 12.9. The Hall–Kier alpha value is -2.78. The molecule has 144 valence electrons. The lowest BCUT2D eigenvalue weighted by atomic mass is 9.97. The Kier molecular flexibility index (Phi) is 4.76. The summed E-state index contributed by atoms with van der Waals surface area (Å²) in [6.07, 6.45) is 7.58. The van der Waals surface area contributed by atoms with E-state index in [1.165, 1.54) is 33.6 Å². The number of hydrogen-bond donors (Lipinski definition) is 0. The van der Waals surface area contributed by atoms with Crippen molar-refractivity contribution in [2.24, 2.45) is 0 Å². The van der Waals surface area contributed by atoms with Crippen LogP contribution in [0.4, 0.5) is 0 Å². The Balaban J connectivity index is 1.76. The normalized spacial score (nSPS) is 15.6. The Morgan fingerprint density at radius 3 is 2.45 bits per heavy atom. The molecule has 0 amide bonds. The van der Waals surface area contributed by atoms with Gasteiger partial charge < -0.3 is 0 Å². The van der Waals surface area contributed by atoms with Crippen LogP contribution in [0.2, 0.25) is 0 Å². The van der Waals surface area contributed by atoms with E-state index in [0.717, 1.165) is 35.5 Å². The molecule has 1 aliphatic heterocycles. The minimum absolute atomic E-state index is 0.0797. The van der Waals surface area contributed by atoms with Crippen LogP contribution in [0.5, 0.6) is 0 Å². The van der Waals surface area contributed by atoms with Crippen molar-refractivity contribution in [3.05, 3.63) is 88.8 Å². The topological polar surface area (TPSA) is 22.0 Å². The molecule has 2 heterocycles. The van der Waals surface area contributed by atoms with Gasteiger partial charge in [0.05, 0.1) is 11.4 Å². The molecule has 2 aromatic carbocycles. The highest BCUT2D eigenvalue weighted by atomic mass is 32.2. The SMILES string of the molecule is CC(=O)n1c(C=Cc2ccccc2)c(-c2ccccc2)c2c1C1=C(CCCS1)C2. The Morgan fingerprint density at radius 2 is 1.72 bits per heavy atom. The summed E-state index contributed by atoms with van der Waals surface area (Å²) < 4.78 is 1.96. The summed E-state index contributed by atoms with van der Waals surface area (Å²) in [5.41, 5.74) is 8.49. The lowest BCUT2D eigenvalue weighted by Crippen LogP contribution is -2.11. The molecular formula is C26H23NOS. The molecule has 3 heteroatoms. The summed E-state index contributed by atoms with van der Waals surface area (Å²) in [4.78, 5) is 14.2. The van der Waals surface area contributed by atoms with Crippen molar-refractivity contribution in [2.45, 2.75) is 26.2 Å². The number of nitrogens with zero attached hydrogens (tertiary/aromatic N) is 1. The van der Waals surface area contributed by atoms with Crippen LogP contribution in [0.3, 0.4) is 0 Å². The maximum atomic E-state index is 12.9. The molecule has 0 unspecified atom stereocenters. The molecule has 0 atom stereocenters. The molecule has 2 aliphatic rings. The van der Waals surface area contributed by atoms with Crippen LogP contribution in [-0.4, -0.2) is 16.2 Å². The molecule has 0 saturated carbocycles. The van der Waals surface area contributed by atoms with E-state index in [-0.39, 0.29) is 5.91 Å². The maximum Gasteiger partial charge on any atom is 0.228 e.